The Labute approximate surface area is 135 Å². The summed E-state index contributed by atoms with van der Waals surface area (Å²) in [6, 6.07) is 4.79. The molecule has 116 valence electrons. The quantitative estimate of drug-likeness (QED) is 0.830. The highest BCUT2D eigenvalue weighted by atomic mass is 32.1. The maximum atomic E-state index is 4.45. The number of rotatable bonds is 6. The molecule has 1 fully saturated rings. The van der Waals surface area contributed by atoms with Gasteiger partial charge in [-0.1, -0.05) is 12.1 Å². The third-order valence-electron chi connectivity index (χ3n) is 3.88. The number of nitrogens with zero attached hydrogens (tertiary/aromatic N) is 3. The SMILES string of the molecule is C=CCc1cnc(N[C@@H]2CCCN(Cc3cccs3)C2)cn1. The molecule has 22 heavy (non-hydrogen) atoms. The topological polar surface area (TPSA) is 41.1 Å². The van der Waals surface area contributed by atoms with Gasteiger partial charge < -0.3 is 5.32 Å². The van der Waals surface area contributed by atoms with Crippen LogP contribution in [0.2, 0.25) is 0 Å². The highest BCUT2D eigenvalue weighted by molar-refractivity contribution is 7.09. The molecule has 0 unspecified atom stereocenters. The van der Waals surface area contributed by atoms with E-state index >= 15 is 0 Å². The van der Waals surface area contributed by atoms with Crippen LogP contribution in [0.25, 0.3) is 0 Å². The molecule has 0 amide bonds. The molecule has 2 aromatic heterocycles. The largest absolute Gasteiger partial charge is 0.365 e. The van der Waals surface area contributed by atoms with E-state index in [0.29, 0.717) is 6.04 Å². The predicted octanol–water partition coefficient (Wildman–Crippen LogP) is 3.34. The van der Waals surface area contributed by atoms with E-state index in [1.54, 1.807) is 0 Å². The lowest BCUT2D eigenvalue weighted by atomic mass is 10.1. The lowest BCUT2D eigenvalue weighted by Crippen LogP contribution is -2.41. The first-order valence-electron chi connectivity index (χ1n) is 7.76. The van der Waals surface area contributed by atoms with Gasteiger partial charge in [0.15, 0.2) is 0 Å². The van der Waals surface area contributed by atoms with Gasteiger partial charge in [-0.15, -0.1) is 17.9 Å². The molecular formula is C17H22N4S. The van der Waals surface area contributed by atoms with Crippen LogP contribution in [0.15, 0.2) is 42.6 Å². The maximum Gasteiger partial charge on any atom is 0.144 e. The molecule has 2 aromatic rings. The molecule has 0 bridgehead atoms. The molecule has 3 heterocycles. The lowest BCUT2D eigenvalue weighted by molar-refractivity contribution is 0.210. The maximum absolute atomic E-state index is 4.45. The Balaban J connectivity index is 1.54. The smallest absolute Gasteiger partial charge is 0.144 e. The van der Waals surface area contributed by atoms with Crippen molar-refractivity contribution in [2.24, 2.45) is 0 Å². The van der Waals surface area contributed by atoms with E-state index in [4.69, 9.17) is 0 Å². The van der Waals surface area contributed by atoms with E-state index in [9.17, 15) is 0 Å². The molecule has 0 spiro atoms. The Kier molecular flexibility index (Phi) is 5.19. The summed E-state index contributed by atoms with van der Waals surface area (Å²) in [6.07, 6.45) is 8.70. The standard InChI is InChI=1S/C17H22N4S/c1-2-5-14-10-19-17(11-18-14)20-15-6-3-8-21(12-15)13-16-7-4-9-22-16/h2,4,7,9-11,15H,1,3,5-6,8,12-13H2,(H,19,20)/t15-/m1/s1. The fraction of sp³-hybridized carbons (Fsp3) is 0.412. The minimum absolute atomic E-state index is 0.452. The van der Waals surface area contributed by atoms with Gasteiger partial charge >= 0.3 is 0 Å². The van der Waals surface area contributed by atoms with Crippen LogP contribution < -0.4 is 5.32 Å². The van der Waals surface area contributed by atoms with E-state index in [2.05, 4.69) is 44.3 Å². The molecule has 0 radical (unpaired) electrons. The van der Waals surface area contributed by atoms with Crippen molar-refractivity contribution in [2.45, 2.75) is 31.8 Å². The van der Waals surface area contributed by atoms with Crippen molar-refractivity contribution < 1.29 is 0 Å². The molecule has 1 atom stereocenters. The first-order valence-corrected chi connectivity index (χ1v) is 8.64. The van der Waals surface area contributed by atoms with Crippen LogP contribution in [0.5, 0.6) is 0 Å². The Morgan fingerprint density at radius 2 is 2.36 bits per heavy atom. The molecule has 1 saturated heterocycles. The van der Waals surface area contributed by atoms with Gasteiger partial charge in [0.25, 0.3) is 0 Å². The summed E-state index contributed by atoms with van der Waals surface area (Å²) in [5, 5.41) is 5.67. The zero-order chi connectivity index (χ0) is 15.2. The van der Waals surface area contributed by atoms with E-state index in [0.717, 1.165) is 31.0 Å². The molecule has 0 aliphatic carbocycles. The van der Waals surface area contributed by atoms with Crippen molar-refractivity contribution in [3.8, 4) is 0 Å². The minimum atomic E-state index is 0.452. The van der Waals surface area contributed by atoms with Gasteiger partial charge in [-0.2, -0.15) is 0 Å². The second kappa shape index (κ2) is 7.51. The summed E-state index contributed by atoms with van der Waals surface area (Å²) in [4.78, 5) is 12.8. The van der Waals surface area contributed by atoms with Crippen LogP contribution >= 0.6 is 11.3 Å². The Hall–Kier alpha value is -1.72. The normalized spacial score (nSPS) is 19.0. The number of aromatic nitrogens is 2. The minimum Gasteiger partial charge on any atom is -0.365 e. The first-order chi connectivity index (χ1) is 10.8. The van der Waals surface area contributed by atoms with Crippen molar-refractivity contribution in [1.29, 1.82) is 0 Å². The molecule has 0 aromatic carbocycles. The molecular weight excluding hydrogens is 292 g/mol. The predicted molar refractivity (Wildman–Crippen MR) is 92.2 cm³/mol. The zero-order valence-electron chi connectivity index (χ0n) is 12.7. The summed E-state index contributed by atoms with van der Waals surface area (Å²) in [5.41, 5.74) is 0.962. The molecule has 0 saturated carbocycles. The van der Waals surface area contributed by atoms with E-state index < -0.39 is 0 Å². The second-order valence-corrected chi connectivity index (χ2v) is 6.72. The van der Waals surface area contributed by atoms with Crippen LogP contribution in [-0.4, -0.2) is 34.0 Å². The van der Waals surface area contributed by atoms with E-state index in [1.165, 1.54) is 24.3 Å². The van der Waals surface area contributed by atoms with Crippen LogP contribution in [0.3, 0.4) is 0 Å². The molecule has 3 rings (SSSR count). The van der Waals surface area contributed by atoms with Gasteiger partial charge in [-0.3, -0.25) is 9.88 Å². The number of nitrogens with one attached hydrogen (secondary N) is 1. The number of piperidine rings is 1. The van der Waals surface area contributed by atoms with Crippen LogP contribution in [0.4, 0.5) is 5.82 Å². The first kappa shape index (κ1) is 15.2. The zero-order valence-corrected chi connectivity index (χ0v) is 13.6. The van der Waals surface area contributed by atoms with Crippen LogP contribution in [0, 0.1) is 0 Å². The fourth-order valence-electron chi connectivity index (χ4n) is 2.83. The number of likely N-dealkylation sites (tertiary alicyclic amines) is 1. The summed E-state index contributed by atoms with van der Waals surface area (Å²) < 4.78 is 0. The summed E-state index contributed by atoms with van der Waals surface area (Å²) in [6.45, 7) is 7.02. The highest BCUT2D eigenvalue weighted by Crippen LogP contribution is 2.18. The van der Waals surface area contributed by atoms with Crippen molar-refractivity contribution in [1.82, 2.24) is 14.9 Å². The number of hydrogen-bond acceptors (Lipinski definition) is 5. The molecule has 1 aliphatic heterocycles. The average Bonchev–Trinajstić information content (AvgIpc) is 3.03. The van der Waals surface area contributed by atoms with Crippen molar-refractivity contribution >= 4 is 17.2 Å². The van der Waals surface area contributed by atoms with Gasteiger partial charge in [0.1, 0.15) is 5.82 Å². The van der Waals surface area contributed by atoms with Crippen LogP contribution in [-0.2, 0) is 13.0 Å². The van der Waals surface area contributed by atoms with Gasteiger partial charge in [0.2, 0.25) is 0 Å². The number of anilines is 1. The number of thiophene rings is 1. The molecule has 1 aliphatic rings. The second-order valence-electron chi connectivity index (χ2n) is 5.68. The van der Waals surface area contributed by atoms with Crippen molar-refractivity contribution in [3.05, 3.63) is 53.1 Å². The van der Waals surface area contributed by atoms with Gasteiger partial charge in [0.05, 0.1) is 18.1 Å². The lowest BCUT2D eigenvalue weighted by Gasteiger charge is -2.33. The average molecular weight is 314 g/mol. The van der Waals surface area contributed by atoms with Gasteiger partial charge in [-0.05, 0) is 30.8 Å². The van der Waals surface area contributed by atoms with Crippen LogP contribution in [0.1, 0.15) is 23.4 Å². The Bertz CT molecular complexity index is 579. The summed E-state index contributed by atoms with van der Waals surface area (Å²) in [7, 11) is 0. The van der Waals surface area contributed by atoms with Gasteiger partial charge in [-0.25, -0.2) is 4.98 Å². The third kappa shape index (κ3) is 4.15. The van der Waals surface area contributed by atoms with Crippen molar-refractivity contribution in [3.63, 3.8) is 0 Å². The van der Waals surface area contributed by atoms with E-state index in [1.807, 2.05) is 29.8 Å². The molecule has 4 nitrogen and oxygen atoms in total. The number of hydrogen-bond donors (Lipinski definition) is 1. The monoisotopic (exact) mass is 314 g/mol. The summed E-state index contributed by atoms with van der Waals surface area (Å²) in [5.74, 6) is 0.871. The highest BCUT2D eigenvalue weighted by Gasteiger charge is 2.20. The summed E-state index contributed by atoms with van der Waals surface area (Å²) >= 11 is 1.84. The third-order valence-corrected chi connectivity index (χ3v) is 4.74. The Morgan fingerprint density at radius 3 is 3.09 bits per heavy atom. The fourth-order valence-corrected chi connectivity index (χ4v) is 3.58. The molecule has 1 N–H and O–H groups in total. The van der Waals surface area contributed by atoms with Crippen molar-refractivity contribution in [2.75, 3.05) is 18.4 Å². The Morgan fingerprint density at radius 1 is 1.41 bits per heavy atom. The van der Waals surface area contributed by atoms with Gasteiger partial charge in [0, 0.05) is 30.4 Å². The molecule has 5 heteroatoms. The van der Waals surface area contributed by atoms with E-state index in [-0.39, 0.29) is 0 Å². The number of allylic oxidation sites excluding steroid dienone is 1.